The van der Waals surface area contributed by atoms with E-state index in [-0.39, 0.29) is 23.6 Å². The van der Waals surface area contributed by atoms with E-state index in [1.165, 1.54) is 11.8 Å². The summed E-state index contributed by atoms with van der Waals surface area (Å²) in [6.45, 7) is 2.97. The van der Waals surface area contributed by atoms with Crippen molar-refractivity contribution in [1.82, 2.24) is 24.5 Å². The van der Waals surface area contributed by atoms with Gasteiger partial charge in [-0.3, -0.25) is 18.6 Å². The zero-order valence-corrected chi connectivity index (χ0v) is 15.8. The van der Waals surface area contributed by atoms with E-state index in [1.807, 2.05) is 28.7 Å². The molecule has 3 rings (SSSR count). The molecule has 9 heteroatoms. The van der Waals surface area contributed by atoms with Crippen LogP contribution < -0.4 is 10.9 Å². The van der Waals surface area contributed by atoms with Gasteiger partial charge in [-0.15, -0.1) is 10.2 Å². The van der Waals surface area contributed by atoms with Crippen LogP contribution in [0.1, 0.15) is 26.2 Å². The SMILES string of the molecule is CCCCn1c(=O)c2ccccc2n2c(SCC(=O)NCCC#N)nnc12. The number of carbonyl (C=O) groups is 1. The number of nitrogens with one attached hydrogen (secondary N) is 1. The number of hydrogen-bond donors (Lipinski definition) is 1. The van der Waals surface area contributed by atoms with Gasteiger partial charge in [-0.2, -0.15) is 5.26 Å². The molecule has 0 atom stereocenters. The van der Waals surface area contributed by atoms with E-state index < -0.39 is 0 Å². The molecule has 0 saturated heterocycles. The molecule has 8 nitrogen and oxygen atoms in total. The highest BCUT2D eigenvalue weighted by Crippen LogP contribution is 2.21. The van der Waals surface area contributed by atoms with Gasteiger partial charge in [-0.05, 0) is 18.6 Å². The van der Waals surface area contributed by atoms with Crippen LogP contribution >= 0.6 is 11.8 Å². The monoisotopic (exact) mass is 384 g/mol. The van der Waals surface area contributed by atoms with Gasteiger partial charge in [0.25, 0.3) is 5.56 Å². The number of benzene rings is 1. The average Bonchev–Trinajstić information content (AvgIpc) is 3.10. The Balaban J connectivity index is 1.98. The summed E-state index contributed by atoms with van der Waals surface area (Å²) in [7, 11) is 0. The zero-order valence-electron chi connectivity index (χ0n) is 15.0. The van der Waals surface area contributed by atoms with Gasteiger partial charge in [0.05, 0.1) is 29.1 Å². The number of carbonyl (C=O) groups excluding carboxylic acids is 1. The molecule has 3 aromatic rings. The van der Waals surface area contributed by atoms with Gasteiger partial charge in [0.2, 0.25) is 11.7 Å². The van der Waals surface area contributed by atoms with Crippen LogP contribution in [0.25, 0.3) is 16.7 Å². The second-order valence-corrected chi connectivity index (χ2v) is 6.93. The molecule has 0 bridgehead atoms. The third-order valence-electron chi connectivity index (χ3n) is 4.10. The number of nitriles is 1. The standard InChI is InChI=1S/C18H20N6O2S/c1-2-3-11-23-16(26)13-7-4-5-8-14(13)24-17(23)21-22-18(24)27-12-15(25)20-10-6-9-19/h4-5,7-8H,2-3,6,10-12H2,1H3,(H,20,25). The molecule has 2 heterocycles. The smallest absolute Gasteiger partial charge is 0.262 e. The molecule has 0 saturated carbocycles. The fraction of sp³-hybridized carbons (Fsp3) is 0.389. The first kappa shape index (κ1) is 18.9. The third kappa shape index (κ3) is 3.95. The Labute approximate surface area is 160 Å². The van der Waals surface area contributed by atoms with E-state index in [2.05, 4.69) is 22.4 Å². The van der Waals surface area contributed by atoms with Crippen molar-refractivity contribution in [1.29, 1.82) is 5.26 Å². The number of amides is 1. The summed E-state index contributed by atoms with van der Waals surface area (Å²) in [5.74, 6) is 0.476. The lowest BCUT2D eigenvalue weighted by Gasteiger charge is -2.10. The van der Waals surface area contributed by atoms with Gasteiger partial charge < -0.3 is 5.32 Å². The zero-order chi connectivity index (χ0) is 19.2. The van der Waals surface area contributed by atoms with Crippen LogP contribution in [-0.2, 0) is 11.3 Å². The summed E-state index contributed by atoms with van der Waals surface area (Å²) < 4.78 is 3.48. The number of unbranched alkanes of at least 4 members (excludes halogenated alkanes) is 1. The summed E-state index contributed by atoms with van der Waals surface area (Å²) in [5.41, 5.74) is 0.646. The maximum Gasteiger partial charge on any atom is 0.262 e. The molecular formula is C18H20N6O2S. The second kappa shape index (κ2) is 8.68. The number of aromatic nitrogens is 4. The maximum atomic E-state index is 12.9. The van der Waals surface area contributed by atoms with Crippen LogP contribution in [0.5, 0.6) is 0 Å². The topological polar surface area (TPSA) is 105 Å². The maximum absolute atomic E-state index is 12.9. The fourth-order valence-corrected chi connectivity index (χ4v) is 3.55. The molecule has 1 N–H and O–H groups in total. The molecule has 0 fully saturated rings. The number of para-hydroxylation sites is 1. The molecule has 0 aliphatic rings. The number of fused-ring (bicyclic) bond motifs is 3. The molecule has 1 amide bonds. The Hall–Kier alpha value is -2.86. The molecule has 140 valence electrons. The lowest BCUT2D eigenvalue weighted by Crippen LogP contribution is -2.26. The number of thioether (sulfide) groups is 1. The molecule has 27 heavy (non-hydrogen) atoms. The Morgan fingerprint density at radius 3 is 2.93 bits per heavy atom. The average molecular weight is 384 g/mol. The Kier molecular flexibility index (Phi) is 6.08. The molecule has 1 aromatic carbocycles. The molecule has 0 spiro atoms. The summed E-state index contributed by atoms with van der Waals surface area (Å²) in [4.78, 5) is 24.8. The molecule has 0 radical (unpaired) electrons. The van der Waals surface area contributed by atoms with E-state index in [0.717, 1.165) is 18.4 Å². The van der Waals surface area contributed by atoms with Gasteiger partial charge in [-0.1, -0.05) is 37.2 Å². The van der Waals surface area contributed by atoms with Gasteiger partial charge >= 0.3 is 0 Å². The van der Waals surface area contributed by atoms with Crippen LogP contribution in [0.4, 0.5) is 0 Å². The second-order valence-electron chi connectivity index (χ2n) is 5.99. The van der Waals surface area contributed by atoms with Crippen molar-refractivity contribution in [3.8, 4) is 6.07 Å². The van der Waals surface area contributed by atoms with Crippen LogP contribution in [0.2, 0.25) is 0 Å². The summed E-state index contributed by atoms with van der Waals surface area (Å²) in [5, 5.41) is 20.8. The number of aryl methyl sites for hydroxylation is 1. The first-order valence-corrected chi connectivity index (χ1v) is 9.79. The highest BCUT2D eigenvalue weighted by molar-refractivity contribution is 7.99. The minimum atomic E-state index is -0.171. The molecular weight excluding hydrogens is 364 g/mol. The van der Waals surface area contributed by atoms with Crippen molar-refractivity contribution in [3.05, 3.63) is 34.6 Å². The lowest BCUT2D eigenvalue weighted by molar-refractivity contribution is -0.118. The predicted molar refractivity (Wildman–Crippen MR) is 104 cm³/mol. The number of hydrogen-bond acceptors (Lipinski definition) is 6. The molecule has 2 aromatic heterocycles. The largest absolute Gasteiger partial charge is 0.354 e. The van der Waals surface area contributed by atoms with Gasteiger partial charge in [0.1, 0.15) is 0 Å². The van der Waals surface area contributed by atoms with Gasteiger partial charge in [-0.25, -0.2) is 0 Å². The molecule has 0 aliphatic heterocycles. The molecule has 0 unspecified atom stereocenters. The lowest BCUT2D eigenvalue weighted by atomic mass is 10.2. The highest BCUT2D eigenvalue weighted by Gasteiger charge is 2.17. The predicted octanol–water partition coefficient (Wildman–Crippen LogP) is 1.97. The van der Waals surface area contributed by atoms with Crippen molar-refractivity contribution in [2.45, 2.75) is 37.9 Å². The Bertz CT molecular complexity index is 1070. The summed E-state index contributed by atoms with van der Waals surface area (Å²) >= 11 is 1.25. The minimum Gasteiger partial charge on any atom is -0.354 e. The van der Waals surface area contributed by atoms with Crippen LogP contribution in [0, 0.1) is 11.3 Å². The normalized spacial score (nSPS) is 11.0. The Morgan fingerprint density at radius 2 is 2.15 bits per heavy atom. The Morgan fingerprint density at radius 1 is 1.33 bits per heavy atom. The van der Waals surface area contributed by atoms with Crippen molar-refractivity contribution in [3.63, 3.8) is 0 Å². The number of rotatable bonds is 8. The highest BCUT2D eigenvalue weighted by atomic mass is 32.2. The third-order valence-corrected chi connectivity index (χ3v) is 5.03. The van der Waals surface area contributed by atoms with E-state index in [1.54, 1.807) is 10.6 Å². The summed E-state index contributed by atoms with van der Waals surface area (Å²) in [6.07, 6.45) is 2.10. The number of nitrogens with zero attached hydrogens (tertiary/aromatic N) is 5. The van der Waals surface area contributed by atoms with Crippen molar-refractivity contribution in [2.24, 2.45) is 0 Å². The first-order valence-electron chi connectivity index (χ1n) is 8.80. The van der Waals surface area contributed by atoms with E-state index in [0.29, 0.717) is 29.4 Å². The quantitative estimate of drug-likeness (QED) is 0.470. The van der Waals surface area contributed by atoms with Crippen LogP contribution in [-0.4, -0.2) is 37.4 Å². The van der Waals surface area contributed by atoms with E-state index in [9.17, 15) is 9.59 Å². The minimum absolute atomic E-state index is 0.0789. The van der Waals surface area contributed by atoms with E-state index in [4.69, 9.17) is 5.26 Å². The van der Waals surface area contributed by atoms with Gasteiger partial charge in [0, 0.05) is 13.1 Å². The van der Waals surface area contributed by atoms with Crippen LogP contribution in [0.3, 0.4) is 0 Å². The van der Waals surface area contributed by atoms with Crippen molar-refractivity contribution >= 4 is 34.3 Å². The van der Waals surface area contributed by atoms with Gasteiger partial charge in [0.15, 0.2) is 5.16 Å². The first-order chi connectivity index (χ1) is 13.2. The molecule has 0 aliphatic carbocycles. The van der Waals surface area contributed by atoms with E-state index >= 15 is 0 Å². The van der Waals surface area contributed by atoms with Crippen molar-refractivity contribution in [2.75, 3.05) is 12.3 Å². The van der Waals surface area contributed by atoms with Crippen molar-refractivity contribution < 1.29 is 4.79 Å². The van der Waals surface area contributed by atoms with Crippen LogP contribution in [0.15, 0.2) is 34.2 Å². The fourth-order valence-electron chi connectivity index (χ4n) is 2.78. The summed E-state index contributed by atoms with van der Waals surface area (Å²) in [6, 6.07) is 9.33.